The topological polar surface area (TPSA) is 55.0 Å². The molecule has 0 radical (unpaired) electrons. The van der Waals surface area contributed by atoms with Gasteiger partial charge in [-0.3, -0.25) is 4.98 Å². The van der Waals surface area contributed by atoms with Crippen molar-refractivity contribution >= 4 is 17.3 Å². The lowest BCUT2D eigenvalue weighted by atomic mass is 10.1. The molecule has 0 saturated heterocycles. The van der Waals surface area contributed by atoms with Gasteiger partial charge in [-0.1, -0.05) is 6.07 Å². The first-order valence-electron chi connectivity index (χ1n) is 5.46. The van der Waals surface area contributed by atoms with E-state index in [4.69, 9.17) is 5.73 Å². The SMILES string of the molecule is Cc1cc(C)cc(N(C)c2cncc(N)n2)c1. The molecule has 0 spiro atoms. The molecule has 1 aromatic heterocycles. The van der Waals surface area contributed by atoms with Crippen LogP contribution in [0.25, 0.3) is 0 Å². The fourth-order valence-corrected chi connectivity index (χ4v) is 1.81. The van der Waals surface area contributed by atoms with Gasteiger partial charge in [0.25, 0.3) is 0 Å². The lowest BCUT2D eigenvalue weighted by Gasteiger charge is -2.19. The Kier molecular flexibility index (Phi) is 2.95. The van der Waals surface area contributed by atoms with Gasteiger partial charge in [-0.05, 0) is 37.1 Å². The molecule has 2 N–H and O–H groups in total. The highest BCUT2D eigenvalue weighted by Crippen LogP contribution is 2.23. The van der Waals surface area contributed by atoms with Gasteiger partial charge in [-0.25, -0.2) is 4.98 Å². The van der Waals surface area contributed by atoms with E-state index >= 15 is 0 Å². The molecule has 0 atom stereocenters. The fraction of sp³-hybridized carbons (Fsp3) is 0.231. The van der Waals surface area contributed by atoms with Crippen LogP contribution in [0, 0.1) is 13.8 Å². The normalized spacial score (nSPS) is 10.3. The predicted molar refractivity (Wildman–Crippen MR) is 70.4 cm³/mol. The second-order valence-electron chi connectivity index (χ2n) is 4.21. The van der Waals surface area contributed by atoms with Crippen molar-refractivity contribution < 1.29 is 0 Å². The predicted octanol–water partition coefficient (Wildman–Crippen LogP) is 2.44. The summed E-state index contributed by atoms with van der Waals surface area (Å²) < 4.78 is 0. The van der Waals surface area contributed by atoms with Crippen molar-refractivity contribution in [3.63, 3.8) is 0 Å². The number of nitrogens with zero attached hydrogens (tertiary/aromatic N) is 3. The maximum atomic E-state index is 5.63. The molecule has 4 heteroatoms. The van der Waals surface area contributed by atoms with Crippen LogP contribution in [-0.4, -0.2) is 17.0 Å². The van der Waals surface area contributed by atoms with Crippen LogP contribution in [0.5, 0.6) is 0 Å². The number of anilines is 3. The average molecular weight is 228 g/mol. The van der Waals surface area contributed by atoms with E-state index in [9.17, 15) is 0 Å². The highest BCUT2D eigenvalue weighted by molar-refractivity contribution is 5.61. The summed E-state index contributed by atoms with van der Waals surface area (Å²) in [6, 6.07) is 6.36. The zero-order chi connectivity index (χ0) is 12.4. The summed E-state index contributed by atoms with van der Waals surface area (Å²) in [5, 5.41) is 0. The molecule has 0 fully saturated rings. The Morgan fingerprint density at radius 3 is 2.29 bits per heavy atom. The van der Waals surface area contributed by atoms with E-state index < -0.39 is 0 Å². The molecule has 0 unspecified atom stereocenters. The van der Waals surface area contributed by atoms with Crippen molar-refractivity contribution in [1.82, 2.24) is 9.97 Å². The smallest absolute Gasteiger partial charge is 0.153 e. The summed E-state index contributed by atoms with van der Waals surface area (Å²) >= 11 is 0. The zero-order valence-electron chi connectivity index (χ0n) is 10.3. The second kappa shape index (κ2) is 4.41. The summed E-state index contributed by atoms with van der Waals surface area (Å²) in [5.41, 5.74) is 9.17. The number of rotatable bonds is 2. The maximum absolute atomic E-state index is 5.63. The fourth-order valence-electron chi connectivity index (χ4n) is 1.81. The minimum absolute atomic E-state index is 0.429. The molecule has 0 aliphatic rings. The van der Waals surface area contributed by atoms with Crippen LogP contribution in [-0.2, 0) is 0 Å². The molecule has 1 heterocycles. The van der Waals surface area contributed by atoms with Crippen molar-refractivity contribution in [2.24, 2.45) is 0 Å². The minimum Gasteiger partial charge on any atom is -0.382 e. The minimum atomic E-state index is 0.429. The lowest BCUT2D eigenvalue weighted by Crippen LogP contribution is -2.12. The van der Waals surface area contributed by atoms with Crippen molar-refractivity contribution in [3.8, 4) is 0 Å². The Labute approximate surface area is 101 Å². The molecule has 1 aromatic carbocycles. The van der Waals surface area contributed by atoms with Crippen LogP contribution in [0.3, 0.4) is 0 Å². The Hall–Kier alpha value is -2.10. The lowest BCUT2D eigenvalue weighted by molar-refractivity contribution is 1.09. The van der Waals surface area contributed by atoms with Crippen molar-refractivity contribution in [2.45, 2.75) is 13.8 Å². The van der Waals surface area contributed by atoms with Gasteiger partial charge in [-0.2, -0.15) is 0 Å². The van der Waals surface area contributed by atoms with Crippen molar-refractivity contribution in [2.75, 3.05) is 17.7 Å². The largest absolute Gasteiger partial charge is 0.382 e. The van der Waals surface area contributed by atoms with E-state index in [1.807, 2.05) is 11.9 Å². The summed E-state index contributed by atoms with van der Waals surface area (Å²) in [6.45, 7) is 4.16. The van der Waals surface area contributed by atoms with Gasteiger partial charge in [0.05, 0.1) is 12.4 Å². The van der Waals surface area contributed by atoms with Crippen molar-refractivity contribution in [1.29, 1.82) is 0 Å². The molecule has 0 aliphatic heterocycles. The number of aromatic nitrogens is 2. The van der Waals surface area contributed by atoms with E-state index in [1.165, 1.54) is 11.1 Å². The standard InChI is InChI=1S/C13H16N4/c1-9-4-10(2)6-11(5-9)17(3)13-8-15-7-12(14)16-13/h4-8H,1-3H3,(H2,14,16). The Morgan fingerprint density at radius 2 is 1.71 bits per heavy atom. The molecule has 88 valence electrons. The number of benzene rings is 1. The third kappa shape index (κ3) is 2.53. The number of nitrogens with two attached hydrogens (primary N) is 1. The first-order chi connectivity index (χ1) is 8.06. The summed E-state index contributed by atoms with van der Waals surface area (Å²) in [7, 11) is 1.96. The molecule has 0 aliphatic carbocycles. The van der Waals surface area contributed by atoms with Gasteiger partial charge in [0.2, 0.25) is 0 Å². The quantitative estimate of drug-likeness (QED) is 0.857. The maximum Gasteiger partial charge on any atom is 0.153 e. The van der Waals surface area contributed by atoms with Crippen LogP contribution >= 0.6 is 0 Å². The molecular weight excluding hydrogens is 212 g/mol. The van der Waals surface area contributed by atoms with Gasteiger partial charge in [-0.15, -0.1) is 0 Å². The Balaban J connectivity index is 2.39. The van der Waals surface area contributed by atoms with Gasteiger partial charge in [0, 0.05) is 12.7 Å². The van der Waals surface area contributed by atoms with E-state index in [1.54, 1.807) is 12.4 Å². The summed E-state index contributed by atoms with van der Waals surface area (Å²) in [5.74, 6) is 1.17. The molecule has 17 heavy (non-hydrogen) atoms. The van der Waals surface area contributed by atoms with E-state index in [0.717, 1.165) is 11.5 Å². The number of hydrogen-bond donors (Lipinski definition) is 1. The molecule has 0 amide bonds. The monoisotopic (exact) mass is 228 g/mol. The molecule has 0 bridgehead atoms. The van der Waals surface area contributed by atoms with Crippen LogP contribution in [0.2, 0.25) is 0 Å². The van der Waals surface area contributed by atoms with Gasteiger partial charge in [0.1, 0.15) is 5.82 Å². The zero-order valence-corrected chi connectivity index (χ0v) is 10.3. The highest BCUT2D eigenvalue weighted by Gasteiger charge is 2.07. The summed E-state index contributed by atoms with van der Waals surface area (Å²) in [6.07, 6.45) is 3.24. The molecular formula is C13H16N4. The first-order valence-corrected chi connectivity index (χ1v) is 5.46. The van der Waals surface area contributed by atoms with Gasteiger partial charge in [0.15, 0.2) is 5.82 Å². The van der Waals surface area contributed by atoms with Gasteiger partial charge < -0.3 is 10.6 Å². The van der Waals surface area contributed by atoms with Gasteiger partial charge >= 0.3 is 0 Å². The van der Waals surface area contributed by atoms with E-state index in [2.05, 4.69) is 42.0 Å². The number of aryl methyl sites for hydroxylation is 2. The Morgan fingerprint density at radius 1 is 1.06 bits per heavy atom. The van der Waals surface area contributed by atoms with Crippen molar-refractivity contribution in [3.05, 3.63) is 41.7 Å². The van der Waals surface area contributed by atoms with Crippen LogP contribution in [0.1, 0.15) is 11.1 Å². The molecule has 2 aromatic rings. The summed E-state index contributed by atoms with van der Waals surface area (Å²) in [4.78, 5) is 10.3. The van der Waals surface area contributed by atoms with E-state index in [0.29, 0.717) is 5.82 Å². The first kappa shape index (κ1) is 11.4. The number of nitrogen functional groups attached to an aromatic ring is 1. The molecule has 4 nitrogen and oxygen atoms in total. The third-order valence-corrected chi connectivity index (χ3v) is 2.58. The van der Waals surface area contributed by atoms with Crippen LogP contribution in [0.4, 0.5) is 17.3 Å². The number of hydrogen-bond acceptors (Lipinski definition) is 4. The Bertz CT molecular complexity index is 516. The second-order valence-corrected chi connectivity index (χ2v) is 4.21. The van der Waals surface area contributed by atoms with Crippen LogP contribution in [0.15, 0.2) is 30.6 Å². The highest BCUT2D eigenvalue weighted by atomic mass is 15.2. The van der Waals surface area contributed by atoms with E-state index in [-0.39, 0.29) is 0 Å². The molecule has 2 rings (SSSR count). The average Bonchev–Trinajstić information content (AvgIpc) is 2.26. The third-order valence-electron chi connectivity index (χ3n) is 2.58. The molecule has 0 saturated carbocycles. The van der Waals surface area contributed by atoms with Crippen LogP contribution < -0.4 is 10.6 Å².